The summed E-state index contributed by atoms with van der Waals surface area (Å²) in [6.45, 7) is 5.72. The molecule has 0 radical (unpaired) electrons. The molecule has 0 atom stereocenters. The van der Waals surface area contributed by atoms with Crippen molar-refractivity contribution in [2.24, 2.45) is 0 Å². The molecular formula is C13H13BrF3NO. The Morgan fingerprint density at radius 3 is 2.58 bits per heavy atom. The van der Waals surface area contributed by atoms with Gasteiger partial charge in [0.2, 0.25) is 0 Å². The number of hydrogen-bond donors (Lipinski definition) is 0. The fraction of sp³-hybridized carbons (Fsp3) is 0.308. The van der Waals surface area contributed by atoms with E-state index in [2.05, 4.69) is 22.5 Å². The van der Waals surface area contributed by atoms with Crippen LogP contribution in [0.25, 0.3) is 0 Å². The zero-order valence-corrected chi connectivity index (χ0v) is 11.9. The van der Waals surface area contributed by atoms with E-state index in [0.29, 0.717) is 6.54 Å². The lowest BCUT2D eigenvalue weighted by molar-refractivity contribution is -0.138. The van der Waals surface area contributed by atoms with Crippen molar-refractivity contribution in [2.45, 2.75) is 13.1 Å². The second kappa shape index (κ2) is 6.23. The third-order valence-electron chi connectivity index (χ3n) is 2.54. The number of carbonyl (C=O) groups excluding carboxylic acids is 1. The van der Waals surface area contributed by atoms with Crippen LogP contribution >= 0.6 is 15.9 Å². The van der Waals surface area contributed by atoms with Gasteiger partial charge in [-0.05, 0) is 25.1 Å². The van der Waals surface area contributed by atoms with E-state index in [0.717, 1.165) is 6.07 Å². The summed E-state index contributed by atoms with van der Waals surface area (Å²) in [5, 5.41) is 0. The Morgan fingerprint density at radius 1 is 1.47 bits per heavy atom. The van der Waals surface area contributed by atoms with E-state index in [4.69, 9.17) is 0 Å². The molecule has 1 aromatic rings. The van der Waals surface area contributed by atoms with E-state index in [1.54, 1.807) is 6.92 Å². The van der Waals surface area contributed by atoms with Gasteiger partial charge < -0.3 is 4.90 Å². The molecule has 104 valence electrons. The molecule has 0 N–H and O–H groups in total. The van der Waals surface area contributed by atoms with Gasteiger partial charge in [-0.3, -0.25) is 4.79 Å². The molecule has 0 unspecified atom stereocenters. The van der Waals surface area contributed by atoms with Crippen LogP contribution in [0.2, 0.25) is 0 Å². The molecule has 0 saturated heterocycles. The van der Waals surface area contributed by atoms with Crippen LogP contribution < -0.4 is 0 Å². The summed E-state index contributed by atoms with van der Waals surface area (Å²) in [6, 6.07) is 3.51. The maximum atomic E-state index is 12.9. The van der Waals surface area contributed by atoms with Gasteiger partial charge in [0.05, 0.1) is 11.1 Å². The number of amides is 1. The summed E-state index contributed by atoms with van der Waals surface area (Å²) in [5.74, 6) is -0.651. The van der Waals surface area contributed by atoms with Gasteiger partial charge in [0.25, 0.3) is 5.91 Å². The Hall–Kier alpha value is -1.30. The Morgan fingerprint density at radius 2 is 2.11 bits per heavy atom. The minimum Gasteiger partial charge on any atom is -0.335 e. The molecule has 1 aromatic carbocycles. The summed E-state index contributed by atoms with van der Waals surface area (Å²) >= 11 is 2.98. The lowest BCUT2D eigenvalue weighted by Gasteiger charge is -2.21. The number of carbonyl (C=O) groups is 1. The first-order chi connectivity index (χ1) is 8.81. The summed E-state index contributed by atoms with van der Waals surface area (Å²) in [5.41, 5.74) is -1.28. The summed E-state index contributed by atoms with van der Waals surface area (Å²) < 4.78 is 39.1. The lowest BCUT2D eigenvalue weighted by atomic mass is 10.1. The van der Waals surface area contributed by atoms with Crippen LogP contribution in [0.3, 0.4) is 0 Å². The first-order valence-corrected chi connectivity index (χ1v) is 6.37. The Labute approximate surface area is 118 Å². The van der Waals surface area contributed by atoms with E-state index in [1.165, 1.54) is 23.1 Å². The van der Waals surface area contributed by atoms with Crippen molar-refractivity contribution >= 4 is 21.8 Å². The van der Waals surface area contributed by atoms with Crippen LogP contribution in [0.5, 0.6) is 0 Å². The van der Waals surface area contributed by atoms with Crippen LogP contribution in [0.4, 0.5) is 13.2 Å². The molecule has 0 aliphatic heterocycles. The molecular weight excluding hydrogens is 323 g/mol. The number of benzene rings is 1. The van der Waals surface area contributed by atoms with Crippen molar-refractivity contribution in [3.63, 3.8) is 0 Å². The quantitative estimate of drug-likeness (QED) is 0.758. The Balaban J connectivity index is 3.26. The topological polar surface area (TPSA) is 20.3 Å². The largest absolute Gasteiger partial charge is 0.417 e. The SMILES string of the molecule is C=CCN(CC)C(=O)c1ccc(Br)cc1C(F)(F)F. The molecule has 1 amide bonds. The Bertz CT molecular complexity index is 485. The molecule has 0 heterocycles. The molecule has 19 heavy (non-hydrogen) atoms. The second-order valence-electron chi connectivity index (χ2n) is 3.82. The fourth-order valence-electron chi connectivity index (χ4n) is 1.62. The fourth-order valence-corrected chi connectivity index (χ4v) is 1.98. The molecule has 0 aromatic heterocycles. The predicted molar refractivity (Wildman–Crippen MR) is 70.9 cm³/mol. The highest BCUT2D eigenvalue weighted by atomic mass is 79.9. The molecule has 0 spiro atoms. The van der Waals surface area contributed by atoms with Gasteiger partial charge in [0, 0.05) is 17.6 Å². The normalized spacial score (nSPS) is 11.2. The first-order valence-electron chi connectivity index (χ1n) is 5.58. The highest BCUT2D eigenvalue weighted by molar-refractivity contribution is 9.10. The zero-order valence-electron chi connectivity index (χ0n) is 10.3. The molecule has 0 bridgehead atoms. The van der Waals surface area contributed by atoms with Gasteiger partial charge in [-0.1, -0.05) is 22.0 Å². The molecule has 2 nitrogen and oxygen atoms in total. The predicted octanol–water partition coefficient (Wildman–Crippen LogP) is 4.12. The molecule has 6 heteroatoms. The number of alkyl halides is 3. The lowest BCUT2D eigenvalue weighted by Crippen LogP contribution is -2.32. The van der Waals surface area contributed by atoms with Crippen molar-refractivity contribution < 1.29 is 18.0 Å². The van der Waals surface area contributed by atoms with Crippen molar-refractivity contribution in [3.8, 4) is 0 Å². The minimum atomic E-state index is -4.57. The molecule has 1 rings (SSSR count). The maximum Gasteiger partial charge on any atom is 0.417 e. The highest BCUT2D eigenvalue weighted by Gasteiger charge is 2.36. The van der Waals surface area contributed by atoms with Gasteiger partial charge in [-0.25, -0.2) is 0 Å². The Kier molecular flexibility index (Phi) is 5.17. The van der Waals surface area contributed by atoms with Gasteiger partial charge in [0.1, 0.15) is 0 Å². The average Bonchev–Trinajstić information content (AvgIpc) is 2.34. The summed E-state index contributed by atoms with van der Waals surface area (Å²) in [4.78, 5) is 13.4. The minimum absolute atomic E-state index is 0.211. The molecule has 0 aliphatic rings. The number of rotatable bonds is 4. The number of halogens is 4. The summed E-state index contributed by atoms with van der Waals surface area (Å²) in [7, 11) is 0. The zero-order chi connectivity index (χ0) is 14.6. The third-order valence-corrected chi connectivity index (χ3v) is 3.03. The molecule has 0 aliphatic carbocycles. The van der Waals surface area contributed by atoms with E-state index < -0.39 is 17.6 Å². The van der Waals surface area contributed by atoms with E-state index in [-0.39, 0.29) is 16.6 Å². The third kappa shape index (κ3) is 3.83. The van der Waals surface area contributed by atoms with E-state index in [1.807, 2.05) is 0 Å². The van der Waals surface area contributed by atoms with Crippen LogP contribution in [0, 0.1) is 0 Å². The first kappa shape index (κ1) is 15.8. The van der Waals surface area contributed by atoms with Crippen molar-refractivity contribution in [3.05, 3.63) is 46.5 Å². The van der Waals surface area contributed by atoms with Crippen LogP contribution in [0.15, 0.2) is 35.3 Å². The average molecular weight is 336 g/mol. The number of nitrogens with zero attached hydrogens (tertiary/aromatic N) is 1. The number of likely N-dealkylation sites (N-methyl/N-ethyl adjacent to an activating group) is 1. The molecule has 0 saturated carbocycles. The number of hydrogen-bond acceptors (Lipinski definition) is 1. The highest BCUT2D eigenvalue weighted by Crippen LogP contribution is 2.34. The van der Waals surface area contributed by atoms with Crippen molar-refractivity contribution in [2.75, 3.05) is 13.1 Å². The van der Waals surface area contributed by atoms with E-state index in [9.17, 15) is 18.0 Å². The molecule has 0 fully saturated rings. The van der Waals surface area contributed by atoms with Crippen LogP contribution in [-0.2, 0) is 6.18 Å². The van der Waals surface area contributed by atoms with Gasteiger partial charge in [0.15, 0.2) is 0 Å². The van der Waals surface area contributed by atoms with Gasteiger partial charge in [-0.15, -0.1) is 6.58 Å². The second-order valence-corrected chi connectivity index (χ2v) is 4.74. The standard InChI is InChI=1S/C13H13BrF3NO/c1-3-7-18(4-2)12(19)10-6-5-9(14)8-11(10)13(15,16)17/h3,5-6,8H,1,4,7H2,2H3. The van der Waals surface area contributed by atoms with Crippen LogP contribution in [-0.4, -0.2) is 23.9 Å². The van der Waals surface area contributed by atoms with E-state index >= 15 is 0 Å². The smallest absolute Gasteiger partial charge is 0.335 e. The van der Waals surface area contributed by atoms with Gasteiger partial charge >= 0.3 is 6.18 Å². The van der Waals surface area contributed by atoms with Crippen molar-refractivity contribution in [1.82, 2.24) is 4.90 Å². The monoisotopic (exact) mass is 335 g/mol. The van der Waals surface area contributed by atoms with Crippen LogP contribution in [0.1, 0.15) is 22.8 Å². The summed E-state index contributed by atoms with van der Waals surface area (Å²) in [6.07, 6.45) is -3.09. The van der Waals surface area contributed by atoms with Gasteiger partial charge in [-0.2, -0.15) is 13.2 Å². The van der Waals surface area contributed by atoms with Crippen molar-refractivity contribution in [1.29, 1.82) is 0 Å². The maximum absolute atomic E-state index is 12.9.